The van der Waals surface area contributed by atoms with Gasteiger partial charge < -0.3 is 9.47 Å². The highest BCUT2D eigenvalue weighted by Crippen LogP contribution is 2.25. The van der Waals surface area contributed by atoms with Crippen molar-refractivity contribution in [3.63, 3.8) is 0 Å². The van der Waals surface area contributed by atoms with Crippen molar-refractivity contribution < 1.29 is 9.47 Å². The van der Waals surface area contributed by atoms with Gasteiger partial charge in [0.1, 0.15) is 0 Å². The fraction of sp³-hybridized carbons (Fsp3) is 0.450. The Morgan fingerprint density at radius 3 is 2.75 bits per heavy atom. The fourth-order valence-corrected chi connectivity index (χ4v) is 3.15. The number of nitrogens with zero attached hydrogens (tertiary/aromatic N) is 2. The Kier molecular flexibility index (Phi) is 6.35. The molecule has 4 heteroatoms. The van der Waals surface area contributed by atoms with Gasteiger partial charge in [0, 0.05) is 19.3 Å². The lowest BCUT2D eigenvalue weighted by molar-refractivity contribution is 0.0103. The van der Waals surface area contributed by atoms with Crippen LogP contribution in [0.5, 0.6) is 0 Å². The normalized spacial score (nSPS) is 18.8. The van der Waals surface area contributed by atoms with Crippen molar-refractivity contribution >= 4 is 0 Å². The minimum Gasteiger partial charge on any atom is -0.377 e. The summed E-state index contributed by atoms with van der Waals surface area (Å²) in [4.78, 5) is 6.86. The van der Waals surface area contributed by atoms with E-state index in [1.165, 1.54) is 5.56 Å². The standard InChI is InChI=1S/C20H26N2O2/c1-22(13-15-23-16-18-10-7-14-24-18)20(17-8-3-2-4-9-17)19-11-5-6-12-21-19/h2-6,8-9,11-12,18,20H,7,10,13-16H2,1H3/t18-,20-/m0/s1. The van der Waals surface area contributed by atoms with E-state index >= 15 is 0 Å². The summed E-state index contributed by atoms with van der Waals surface area (Å²) >= 11 is 0. The van der Waals surface area contributed by atoms with Crippen LogP contribution in [0.4, 0.5) is 0 Å². The predicted octanol–water partition coefficient (Wildman–Crippen LogP) is 3.30. The lowest BCUT2D eigenvalue weighted by Gasteiger charge is -2.28. The van der Waals surface area contributed by atoms with Crippen LogP contribution in [-0.2, 0) is 9.47 Å². The van der Waals surface area contributed by atoms with Crippen molar-refractivity contribution in [1.82, 2.24) is 9.88 Å². The van der Waals surface area contributed by atoms with Gasteiger partial charge in [-0.2, -0.15) is 0 Å². The zero-order valence-electron chi connectivity index (χ0n) is 14.3. The van der Waals surface area contributed by atoms with Crippen LogP contribution < -0.4 is 0 Å². The molecule has 128 valence electrons. The van der Waals surface area contributed by atoms with Gasteiger partial charge in [0.2, 0.25) is 0 Å². The number of benzene rings is 1. The first kappa shape index (κ1) is 17.1. The van der Waals surface area contributed by atoms with Crippen molar-refractivity contribution in [1.29, 1.82) is 0 Å². The summed E-state index contributed by atoms with van der Waals surface area (Å²) in [5.74, 6) is 0. The van der Waals surface area contributed by atoms with Crippen molar-refractivity contribution in [3.8, 4) is 0 Å². The van der Waals surface area contributed by atoms with Crippen molar-refractivity contribution in [2.75, 3.05) is 33.4 Å². The third-order valence-corrected chi connectivity index (χ3v) is 4.44. The third kappa shape index (κ3) is 4.63. The van der Waals surface area contributed by atoms with E-state index in [0.29, 0.717) is 13.2 Å². The van der Waals surface area contributed by atoms with Gasteiger partial charge in [0.25, 0.3) is 0 Å². The second kappa shape index (κ2) is 8.92. The van der Waals surface area contributed by atoms with Gasteiger partial charge >= 0.3 is 0 Å². The van der Waals surface area contributed by atoms with E-state index in [-0.39, 0.29) is 12.1 Å². The minimum atomic E-state index is 0.138. The number of ether oxygens (including phenoxy) is 2. The molecule has 0 N–H and O–H groups in total. The van der Waals surface area contributed by atoms with E-state index in [2.05, 4.69) is 47.3 Å². The molecule has 0 bridgehead atoms. The van der Waals surface area contributed by atoms with Crippen molar-refractivity contribution in [3.05, 3.63) is 66.0 Å². The average Bonchev–Trinajstić information content (AvgIpc) is 3.14. The molecule has 3 rings (SSSR count). The number of hydrogen-bond donors (Lipinski definition) is 0. The molecule has 2 aromatic rings. The zero-order chi connectivity index (χ0) is 16.6. The number of likely N-dealkylation sites (N-methyl/N-ethyl adjacent to an activating group) is 1. The predicted molar refractivity (Wildman–Crippen MR) is 94.9 cm³/mol. The van der Waals surface area contributed by atoms with Crippen LogP contribution in [0.25, 0.3) is 0 Å². The Balaban J connectivity index is 1.60. The van der Waals surface area contributed by atoms with Crippen LogP contribution in [0, 0.1) is 0 Å². The molecule has 1 aromatic heterocycles. The first-order valence-electron chi connectivity index (χ1n) is 8.70. The lowest BCUT2D eigenvalue weighted by Crippen LogP contribution is -2.30. The molecule has 0 saturated carbocycles. The quantitative estimate of drug-likeness (QED) is 0.697. The van der Waals surface area contributed by atoms with Crippen LogP contribution in [-0.4, -0.2) is 49.4 Å². The topological polar surface area (TPSA) is 34.6 Å². The number of aromatic nitrogens is 1. The summed E-state index contributed by atoms with van der Waals surface area (Å²) in [6, 6.07) is 16.7. The molecule has 0 amide bonds. The first-order chi connectivity index (χ1) is 11.8. The van der Waals surface area contributed by atoms with Crippen LogP contribution in [0.3, 0.4) is 0 Å². The summed E-state index contributed by atoms with van der Waals surface area (Å²) in [5, 5.41) is 0. The second-order valence-electron chi connectivity index (χ2n) is 6.26. The average molecular weight is 326 g/mol. The number of hydrogen-bond acceptors (Lipinski definition) is 4. The highest BCUT2D eigenvalue weighted by Gasteiger charge is 2.20. The summed E-state index contributed by atoms with van der Waals surface area (Å²) in [5.41, 5.74) is 2.31. The van der Waals surface area contributed by atoms with Crippen LogP contribution in [0.15, 0.2) is 54.7 Å². The second-order valence-corrected chi connectivity index (χ2v) is 6.26. The van der Waals surface area contributed by atoms with Crippen molar-refractivity contribution in [2.45, 2.75) is 25.0 Å². The molecule has 4 nitrogen and oxygen atoms in total. The molecule has 0 radical (unpaired) electrons. The Labute approximate surface area is 144 Å². The molecule has 0 spiro atoms. The molecule has 2 heterocycles. The summed E-state index contributed by atoms with van der Waals surface area (Å²) in [6.45, 7) is 3.13. The molecule has 1 aliphatic rings. The van der Waals surface area contributed by atoms with Gasteiger partial charge in [-0.1, -0.05) is 36.4 Å². The molecule has 1 saturated heterocycles. The van der Waals surface area contributed by atoms with Gasteiger partial charge in [0.15, 0.2) is 0 Å². The lowest BCUT2D eigenvalue weighted by atomic mass is 10.0. The molecular weight excluding hydrogens is 300 g/mol. The van der Waals surface area contributed by atoms with Crippen LogP contribution in [0.2, 0.25) is 0 Å². The monoisotopic (exact) mass is 326 g/mol. The smallest absolute Gasteiger partial charge is 0.0809 e. The largest absolute Gasteiger partial charge is 0.377 e. The Bertz CT molecular complexity index is 546. The Morgan fingerprint density at radius 1 is 1.21 bits per heavy atom. The van der Waals surface area contributed by atoms with E-state index in [4.69, 9.17) is 9.47 Å². The molecule has 1 aromatic carbocycles. The molecule has 0 aliphatic carbocycles. The minimum absolute atomic E-state index is 0.138. The van der Waals surface area contributed by atoms with Crippen molar-refractivity contribution in [2.24, 2.45) is 0 Å². The molecule has 24 heavy (non-hydrogen) atoms. The molecular formula is C20H26N2O2. The van der Waals surface area contributed by atoms with Crippen LogP contribution >= 0.6 is 0 Å². The fourth-order valence-electron chi connectivity index (χ4n) is 3.15. The summed E-state index contributed by atoms with van der Waals surface area (Å²) in [6.07, 6.45) is 4.42. The maximum absolute atomic E-state index is 5.82. The van der Waals surface area contributed by atoms with Crippen LogP contribution in [0.1, 0.15) is 30.1 Å². The summed E-state index contributed by atoms with van der Waals surface area (Å²) in [7, 11) is 2.13. The van der Waals surface area contributed by atoms with E-state index in [9.17, 15) is 0 Å². The van der Waals surface area contributed by atoms with E-state index in [1.54, 1.807) is 0 Å². The van der Waals surface area contributed by atoms with E-state index in [1.807, 2.05) is 24.4 Å². The van der Waals surface area contributed by atoms with Gasteiger partial charge in [-0.15, -0.1) is 0 Å². The van der Waals surface area contributed by atoms with E-state index < -0.39 is 0 Å². The Morgan fingerprint density at radius 2 is 2.04 bits per heavy atom. The first-order valence-corrected chi connectivity index (χ1v) is 8.70. The maximum Gasteiger partial charge on any atom is 0.0809 e. The molecule has 0 unspecified atom stereocenters. The molecule has 1 fully saturated rings. The van der Waals surface area contributed by atoms with Gasteiger partial charge in [-0.25, -0.2) is 0 Å². The molecule has 2 atom stereocenters. The number of pyridine rings is 1. The SMILES string of the molecule is CN(CCOC[C@@H]1CCCO1)[C@@H](c1ccccc1)c1ccccn1. The van der Waals surface area contributed by atoms with Gasteiger partial charge in [0.05, 0.1) is 31.1 Å². The number of rotatable bonds is 8. The maximum atomic E-state index is 5.82. The third-order valence-electron chi connectivity index (χ3n) is 4.44. The highest BCUT2D eigenvalue weighted by atomic mass is 16.5. The molecule has 1 aliphatic heterocycles. The zero-order valence-corrected chi connectivity index (χ0v) is 14.3. The summed E-state index contributed by atoms with van der Waals surface area (Å²) < 4.78 is 11.4. The Hall–Kier alpha value is -1.75. The van der Waals surface area contributed by atoms with Gasteiger partial charge in [-0.3, -0.25) is 9.88 Å². The van der Waals surface area contributed by atoms with Gasteiger partial charge in [-0.05, 0) is 37.6 Å². The highest BCUT2D eigenvalue weighted by molar-refractivity contribution is 5.27. The van der Waals surface area contributed by atoms with E-state index in [0.717, 1.165) is 31.7 Å².